The van der Waals surface area contributed by atoms with E-state index in [1.807, 2.05) is 24.3 Å². The Morgan fingerprint density at radius 3 is 1.29 bits per heavy atom. The van der Waals surface area contributed by atoms with Crippen molar-refractivity contribution in [3.63, 3.8) is 0 Å². The van der Waals surface area contributed by atoms with Gasteiger partial charge in [-0.05, 0) is 47.9 Å². The van der Waals surface area contributed by atoms with Gasteiger partial charge in [0.05, 0.1) is 0 Å². The summed E-state index contributed by atoms with van der Waals surface area (Å²) in [5, 5.41) is 0. The van der Waals surface area contributed by atoms with Crippen LogP contribution in [-0.2, 0) is 12.8 Å². The van der Waals surface area contributed by atoms with Gasteiger partial charge in [-0.15, -0.1) is 0 Å². The molecule has 0 bridgehead atoms. The second kappa shape index (κ2) is 11.1. The van der Waals surface area contributed by atoms with Gasteiger partial charge in [-0.25, -0.2) is 0 Å². The summed E-state index contributed by atoms with van der Waals surface area (Å²) in [5.74, 6) is 1.77. The van der Waals surface area contributed by atoms with E-state index < -0.39 is 0 Å². The molecule has 0 atom stereocenters. The predicted molar refractivity (Wildman–Crippen MR) is 122 cm³/mol. The number of hydrogen-bond donors (Lipinski definition) is 2. The average Bonchev–Trinajstić information content (AvgIpc) is 3.08. The molecule has 2 saturated carbocycles. The fourth-order valence-corrected chi connectivity index (χ4v) is 4.84. The Morgan fingerprint density at radius 1 is 0.536 bits per heavy atom. The summed E-state index contributed by atoms with van der Waals surface area (Å²) in [5.41, 5.74) is 16.5. The van der Waals surface area contributed by atoms with E-state index in [9.17, 15) is 0 Å². The monoisotopic (exact) mass is 378 g/mol. The Kier molecular flexibility index (Phi) is 8.26. The molecule has 2 nitrogen and oxygen atoms in total. The molecule has 0 aliphatic heterocycles. The third kappa shape index (κ3) is 6.58. The molecule has 2 heteroatoms. The lowest BCUT2D eigenvalue weighted by atomic mass is 9.92. The molecule has 0 unspecified atom stereocenters. The third-order valence-corrected chi connectivity index (χ3v) is 6.58. The number of hydrogen-bond acceptors (Lipinski definition) is 2. The average molecular weight is 379 g/mol. The molecule has 0 spiro atoms. The summed E-state index contributed by atoms with van der Waals surface area (Å²) >= 11 is 0. The van der Waals surface area contributed by atoms with Crippen molar-refractivity contribution in [3.05, 3.63) is 59.7 Å². The van der Waals surface area contributed by atoms with Crippen LogP contribution in [0.1, 0.15) is 75.3 Å². The van der Waals surface area contributed by atoms with Crippen LogP contribution >= 0.6 is 0 Å². The molecule has 0 saturated heterocycles. The lowest BCUT2D eigenvalue weighted by Gasteiger charge is -2.15. The molecule has 2 aromatic carbocycles. The quantitative estimate of drug-likeness (QED) is 0.455. The lowest BCUT2D eigenvalue weighted by molar-refractivity contribution is 0.458. The Morgan fingerprint density at radius 2 is 0.893 bits per heavy atom. The van der Waals surface area contributed by atoms with Gasteiger partial charge in [-0.1, -0.05) is 101 Å². The minimum atomic E-state index is 0.872. The molecule has 152 valence electrons. The van der Waals surface area contributed by atoms with Crippen LogP contribution in [0.4, 0.5) is 11.4 Å². The maximum absolute atomic E-state index is 5.98. The summed E-state index contributed by atoms with van der Waals surface area (Å²) < 4.78 is 0. The van der Waals surface area contributed by atoms with Gasteiger partial charge in [0.25, 0.3) is 0 Å². The number of anilines is 2. The van der Waals surface area contributed by atoms with Crippen LogP contribution < -0.4 is 11.5 Å². The molecule has 2 fully saturated rings. The van der Waals surface area contributed by atoms with E-state index in [1.165, 1.54) is 88.2 Å². The zero-order valence-electron chi connectivity index (χ0n) is 17.4. The van der Waals surface area contributed by atoms with Gasteiger partial charge >= 0.3 is 0 Å². The molecule has 0 heterocycles. The molecule has 4 N–H and O–H groups in total. The Labute approximate surface area is 171 Å². The minimum absolute atomic E-state index is 0.872. The van der Waals surface area contributed by atoms with Gasteiger partial charge in [0, 0.05) is 11.4 Å². The fourth-order valence-electron chi connectivity index (χ4n) is 4.84. The Bertz CT molecular complexity index is 695. The molecule has 2 aliphatic carbocycles. The van der Waals surface area contributed by atoms with Gasteiger partial charge in [0.2, 0.25) is 0 Å². The number of nitrogen functional groups attached to an aromatic ring is 2. The van der Waals surface area contributed by atoms with E-state index in [4.69, 9.17) is 11.5 Å². The van der Waals surface area contributed by atoms with Crippen molar-refractivity contribution in [1.29, 1.82) is 0 Å². The first-order valence-corrected chi connectivity index (χ1v) is 11.4. The predicted octanol–water partition coefficient (Wildman–Crippen LogP) is 6.78. The maximum Gasteiger partial charge on any atom is 0.0346 e. The van der Waals surface area contributed by atoms with Crippen molar-refractivity contribution < 1.29 is 0 Å². The molecule has 0 aromatic heterocycles. The van der Waals surface area contributed by atoms with E-state index in [-0.39, 0.29) is 0 Å². The van der Waals surface area contributed by atoms with Crippen molar-refractivity contribution in [2.45, 2.75) is 77.0 Å². The largest absolute Gasteiger partial charge is 0.399 e. The number of para-hydroxylation sites is 2. The van der Waals surface area contributed by atoms with Crippen LogP contribution in [-0.4, -0.2) is 0 Å². The molecule has 4 rings (SSSR count). The van der Waals surface area contributed by atoms with E-state index in [1.54, 1.807) is 0 Å². The van der Waals surface area contributed by atoms with Crippen molar-refractivity contribution in [2.24, 2.45) is 11.8 Å². The van der Waals surface area contributed by atoms with Gasteiger partial charge in [0.15, 0.2) is 0 Å². The molecule has 2 aliphatic rings. The molecular formula is C26H38N2. The highest BCUT2D eigenvalue weighted by Crippen LogP contribution is 2.29. The van der Waals surface area contributed by atoms with Crippen LogP contribution in [0.15, 0.2) is 48.5 Å². The lowest BCUT2D eigenvalue weighted by Crippen LogP contribution is -2.05. The Balaban J connectivity index is 0.000000162. The first-order valence-electron chi connectivity index (χ1n) is 11.4. The van der Waals surface area contributed by atoms with Crippen molar-refractivity contribution >= 4 is 11.4 Å². The normalized spacial score (nSPS) is 18.3. The second-order valence-electron chi connectivity index (χ2n) is 8.81. The smallest absolute Gasteiger partial charge is 0.0346 e. The van der Waals surface area contributed by atoms with E-state index in [0.29, 0.717) is 0 Å². The maximum atomic E-state index is 5.98. The van der Waals surface area contributed by atoms with E-state index in [0.717, 1.165) is 23.2 Å². The van der Waals surface area contributed by atoms with Crippen LogP contribution in [0.2, 0.25) is 0 Å². The highest BCUT2D eigenvalue weighted by atomic mass is 14.6. The number of benzene rings is 2. The van der Waals surface area contributed by atoms with Crippen molar-refractivity contribution in [3.8, 4) is 0 Å². The minimum Gasteiger partial charge on any atom is -0.399 e. The van der Waals surface area contributed by atoms with Gasteiger partial charge < -0.3 is 11.5 Å². The van der Waals surface area contributed by atoms with Crippen LogP contribution in [0.5, 0.6) is 0 Å². The van der Waals surface area contributed by atoms with Gasteiger partial charge in [-0.3, -0.25) is 0 Å². The van der Waals surface area contributed by atoms with Crippen LogP contribution in [0.3, 0.4) is 0 Å². The summed E-state index contributed by atoms with van der Waals surface area (Å²) in [4.78, 5) is 0. The number of rotatable bonds is 4. The van der Waals surface area contributed by atoms with E-state index in [2.05, 4.69) is 24.3 Å². The number of nitrogens with two attached hydrogens (primary N) is 2. The first-order chi connectivity index (χ1) is 13.7. The molecule has 0 amide bonds. The zero-order valence-corrected chi connectivity index (χ0v) is 17.4. The summed E-state index contributed by atoms with van der Waals surface area (Å²) in [6.45, 7) is 0. The van der Waals surface area contributed by atoms with Crippen LogP contribution in [0.25, 0.3) is 0 Å². The second-order valence-corrected chi connectivity index (χ2v) is 8.81. The SMILES string of the molecule is Nc1ccccc1CC1CCCC1.Nc1ccccc1CC1CCCCCC1. The Hall–Kier alpha value is -1.96. The fraction of sp³-hybridized carbons (Fsp3) is 0.538. The molecule has 0 radical (unpaired) electrons. The van der Waals surface area contributed by atoms with Crippen molar-refractivity contribution in [1.82, 2.24) is 0 Å². The standard InChI is InChI=1S/C14H21N.C12H17N/c15-14-10-6-5-9-13(14)11-12-7-3-1-2-4-8-12;13-12-8-4-3-7-11(12)9-10-5-1-2-6-10/h5-6,9-10,12H,1-4,7-8,11,15H2;3-4,7-8,10H,1-2,5-6,9,13H2. The highest BCUT2D eigenvalue weighted by molar-refractivity contribution is 5.47. The summed E-state index contributed by atoms with van der Waals surface area (Å²) in [6, 6.07) is 16.6. The van der Waals surface area contributed by atoms with E-state index >= 15 is 0 Å². The van der Waals surface area contributed by atoms with Crippen molar-refractivity contribution in [2.75, 3.05) is 11.5 Å². The first kappa shape index (κ1) is 20.8. The van der Waals surface area contributed by atoms with Gasteiger partial charge in [0.1, 0.15) is 0 Å². The molecule has 28 heavy (non-hydrogen) atoms. The summed E-state index contributed by atoms with van der Waals surface area (Å²) in [6.07, 6.45) is 16.5. The third-order valence-electron chi connectivity index (χ3n) is 6.58. The topological polar surface area (TPSA) is 52.0 Å². The molecule has 2 aromatic rings. The molecular weight excluding hydrogens is 340 g/mol. The zero-order chi connectivity index (χ0) is 19.6. The highest BCUT2D eigenvalue weighted by Gasteiger charge is 2.16. The van der Waals surface area contributed by atoms with Crippen LogP contribution in [0, 0.1) is 11.8 Å². The summed E-state index contributed by atoms with van der Waals surface area (Å²) in [7, 11) is 0. The van der Waals surface area contributed by atoms with Gasteiger partial charge in [-0.2, -0.15) is 0 Å².